The van der Waals surface area contributed by atoms with Crippen molar-refractivity contribution in [3.63, 3.8) is 0 Å². The number of nitrogens with zero attached hydrogens (tertiary/aromatic N) is 1. The van der Waals surface area contributed by atoms with E-state index in [0.717, 1.165) is 9.87 Å². The van der Waals surface area contributed by atoms with Crippen LogP contribution in [0.25, 0.3) is 5.57 Å². The highest BCUT2D eigenvalue weighted by atomic mass is 32.2. The van der Waals surface area contributed by atoms with E-state index in [9.17, 15) is 17.6 Å². The van der Waals surface area contributed by atoms with E-state index in [2.05, 4.69) is 5.32 Å². The minimum Gasteiger partial charge on any atom is -0.493 e. The Morgan fingerprint density at radius 3 is 2.30 bits per heavy atom. The molecule has 0 spiro atoms. The van der Waals surface area contributed by atoms with E-state index in [4.69, 9.17) is 9.47 Å². The number of sulfonamides is 1. The first-order chi connectivity index (χ1) is 14.2. The molecule has 1 aliphatic heterocycles. The van der Waals surface area contributed by atoms with E-state index in [-0.39, 0.29) is 17.3 Å². The topological polar surface area (TPSA) is 84.9 Å². The number of hydrogen-bond donors (Lipinski definition) is 1. The summed E-state index contributed by atoms with van der Waals surface area (Å²) in [7, 11) is 0.277. The van der Waals surface area contributed by atoms with Crippen molar-refractivity contribution < 1.29 is 27.1 Å². The van der Waals surface area contributed by atoms with E-state index < -0.39 is 15.9 Å². The summed E-state index contributed by atoms with van der Waals surface area (Å²) >= 11 is 0. The Labute approximate surface area is 175 Å². The molecule has 160 valence electrons. The molecule has 0 saturated heterocycles. The number of hydrogen-bond acceptors (Lipinski definition) is 5. The molecular formula is C21H23FN2O5S. The molecular weight excluding hydrogens is 411 g/mol. The van der Waals surface area contributed by atoms with Crippen molar-refractivity contribution in [2.75, 3.05) is 32.1 Å². The molecule has 1 heterocycles. The van der Waals surface area contributed by atoms with Crippen molar-refractivity contribution in [1.82, 2.24) is 5.32 Å². The fourth-order valence-electron chi connectivity index (χ4n) is 3.35. The summed E-state index contributed by atoms with van der Waals surface area (Å²) in [5, 5.41) is 2.65. The van der Waals surface area contributed by atoms with Crippen LogP contribution in [0.3, 0.4) is 0 Å². The normalized spacial score (nSPS) is 14.9. The van der Waals surface area contributed by atoms with Gasteiger partial charge in [-0.2, -0.15) is 0 Å². The van der Waals surface area contributed by atoms with Crippen LogP contribution in [-0.2, 0) is 21.2 Å². The predicted molar refractivity (Wildman–Crippen MR) is 113 cm³/mol. The highest BCUT2D eigenvalue weighted by molar-refractivity contribution is 7.97. The fourth-order valence-corrected chi connectivity index (χ4v) is 4.84. The number of allylic oxidation sites excluding steroid dienone is 1. The predicted octanol–water partition coefficient (Wildman–Crippen LogP) is 2.71. The van der Waals surface area contributed by atoms with Crippen molar-refractivity contribution in [2.24, 2.45) is 0 Å². The Hall–Kier alpha value is -3.07. The van der Waals surface area contributed by atoms with Crippen molar-refractivity contribution in [3.05, 3.63) is 58.2 Å². The van der Waals surface area contributed by atoms with Crippen LogP contribution in [0.4, 0.5) is 10.1 Å². The van der Waals surface area contributed by atoms with Gasteiger partial charge in [-0.3, -0.25) is 9.10 Å². The molecule has 0 bridgehead atoms. The number of carbonyl (C=O) groups excluding carboxylic acids is 1. The molecule has 0 unspecified atom stereocenters. The second-order valence-electron chi connectivity index (χ2n) is 6.78. The Balaban J connectivity index is 1.92. The van der Waals surface area contributed by atoms with Gasteiger partial charge >= 0.3 is 0 Å². The van der Waals surface area contributed by atoms with E-state index in [0.29, 0.717) is 34.7 Å². The molecule has 0 aliphatic carbocycles. The van der Waals surface area contributed by atoms with Crippen LogP contribution in [0.1, 0.15) is 18.1 Å². The molecule has 0 saturated carbocycles. The average Bonchev–Trinajstić information content (AvgIpc) is 2.72. The first kappa shape index (κ1) is 21.6. The number of benzene rings is 2. The van der Waals surface area contributed by atoms with Gasteiger partial charge in [-0.15, -0.1) is 0 Å². The first-order valence-electron chi connectivity index (χ1n) is 9.19. The van der Waals surface area contributed by atoms with Crippen LogP contribution < -0.4 is 19.1 Å². The number of rotatable bonds is 6. The van der Waals surface area contributed by atoms with Crippen molar-refractivity contribution in [3.8, 4) is 11.5 Å². The molecule has 2 aromatic rings. The van der Waals surface area contributed by atoms with Gasteiger partial charge in [-0.05, 0) is 42.7 Å². The second-order valence-corrected chi connectivity index (χ2v) is 8.69. The van der Waals surface area contributed by atoms with Crippen LogP contribution in [0.2, 0.25) is 0 Å². The largest absolute Gasteiger partial charge is 0.493 e. The van der Waals surface area contributed by atoms with Crippen LogP contribution >= 0.6 is 0 Å². The zero-order valence-electron chi connectivity index (χ0n) is 17.2. The Kier molecular flexibility index (Phi) is 6.02. The van der Waals surface area contributed by atoms with E-state index in [1.165, 1.54) is 33.4 Å². The molecule has 7 nitrogen and oxygen atoms in total. The Morgan fingerprint density at radius 2 is 1.70 bits per heavy atom. The summed E-state index contributed by atoms with van der Waals surface area (Å²) in [6.07, 6.45) is 0.440. The Morgan fingerprint density at radius 1 is 1.10 bits per heavy atom. The zero-order chi connectivity index (χ0) is 22.1. The Bertz CT molecular complexity index is 1110. The molecule has 9 heteroatoms. The lowest BCUT2D eigenvalue weighted by molar-refractivity contribution is -0.116. The number of methoxy groups -OCH3 is 2. The van der Waals surface area contributed by atoms with Crippen LogP contribution in [0.15, 0.2) is 41.3 Å². The quantitative estimate of drug-likeness (QED) is 0.756. The highest BCUT2D eigenvalue weighted by Crippen LogP contribution is 2.44. The molecule has 0 atom stereocenters. The number of anilines is 1. The van der Waals surface area contributed by atoms with Crippen LogP contribution in [0, 0.1) is 5.82 Å². The molecule has 1 amide bonds. The van der Waals surface area contributed by atoms with Gasteiger partial charge in [0.2, 0.25) is 0 Å². The number of ether oxygens (including phenoxy) is 2. The minimum atomic E-state index is -4.05. The smallest absolute Gasteiger partial charge is 0.269 e. The number of fused-ring (bicyclic) bond motifs is 1. The molecule has 3 rings (SSSR count). The summed E-state index contributed by atoms with van der Waals surface area (Å²) in [4.78, 5) is 12.5. The van der Waals surface area contributed by atoms with Crippen molar-refractivity contribution >= 4 is 27.2 Å². The van der Waals surface area contributed by atoms with Gasteiger partial charge in [0.05, 0.1) is 19.9 Å². The number of nitrogens with one attached hydrogen (secondary N) is 1. The molecule has 0 aromatic heterocycles. The number of halogens is 1. The molecule has 1 aliphatic rings. The third-order valence-electron chi connectivity index (χ3n) is 5.02. The molecule has 30 heavy (non-hydrogen) atoms. The van der Waals surface area contributed by atoms with Gasteiger partial charge in [-0.1, -0.05) is 12.1 Å². The lowest BCUT2D eigenvalue weighted by atomic mass is 10.0. The maximum atomic E-state index is 13.0. The van der Waals surface area contributed by atoms with Crippen LogP contribution in [0.5, 0.6) is 11.5 Å². The molecule has 0 fully saturated rings. The van der Waals surface area contributed by atoms with Gasteiger partial charge in [0.1, 0.15) is 5.82 Å². The van der Waals surface area contributed by atoms with Crippen LogP contribution in [-0.4, -0.2) is 42.1 Å². The highest BCUT2D eigenvalue weighted by Gasteiger charge is 2.38. The average molecular weight is 434 g/mol. The van der Waals surface area contributed by atoms with Crippen molar-refractivity contribution in [1.29, 1.82) is 0 Å². The lowest BCUT2D eigenvalue weighted by Gasteiger charge is -2.30. The lowest BCUT2D eigenvalue weighted by Crippen LogP contribution is -2.39. The third kappa shape index (κ3) is 3.85. The zero-order valence-corrected chi connectivity index (χ0v) is 18.0. The van der Waals surface area contributed by atoms with Crippen molar-refractivity contribution in [2.45, 2.75) is 13.3 Å². The first-order valence-corrected chi connectivity index (χ1v) is 10.6. The van der Waals surface area contributed by atoms with Gasteiger partial charge in [0.15, 0.2) is 16.4 Å². The van der Waals surface area contributed by atoms with E-state index in [1.54, 1.807) is 31.2 Å². The summed E-state index contributed by atoms with van der Waals surface area (Å²) in [5.74, 6) is -0.217. The van der Waals surface area contributed by atoms with Gasteiger partial charge in [0.25, 0.3) is 15.9 Å². The van der Waals surface area contributed by atoms with E-state index >= 15 is 0 Å². The second kappa shape index (κ2) is 8.35. The summed E-state index contributed by atoms with van der Waals surface area (Å²) in [6, 6.07) is 9.13. The molecule has 2 aromatic carbocycles. The van der Waals surface area contributed by atoms with E-state index in [1.807, 2.05) is 0 Å². The SMILES string of the molecule is COc1cc2c(cc1OC)N(C)S(=O)(=O)C(C(=O)NCCc1ccc(F)cc1)=C2C. The fraction of sp³-hybridized carbons (Fsp3) is 0.286. The summed E-state index contributed by atoms with van der Waals surface area (Å²) < 4.78 is 50.7. The molecule has 0 radical (unpaired) electrons. The van der Waals surface area contributed by atoms with Gasteiger partial charge in [0, 0.05) is 25.2 Å². The minimum absolute atomic E-state index is 0.208. The summed E-state index contributed by atoms with van der Waals surface area (Å²) in [6.45, 7) is 1.80. The molecule has 1 N–H and O–H groups in total. The van der Waals surface area contributed by atoms with Gasteiger partial charge < -0.3 is 14.8 Å². The number of carbonyl (C=O) groups is 1. The monoisotopic (exact) mass is 434 g/mol. The summed E-state index contributed by atoms with van der Waals surface area (Å²) in [5.41, 5.74) is 2.11. The maximum Gasteiger partial charge on any atom is 0.269 e. The maximum absolute atomic E-state index is 13.0. The standard InChI is InChI=1S/C21H23FN2O5S/c1-13-16-11-18(28-3)19(29-4)12-17(16)24(2)30(26,27)20(13)21(25)23-10-9-14-5-7-15(22)8-6-14/h5-8,11-12H,9-10H2,1-4H3,(H,23,25). The van der Waals surface area contributed by atoms with Gasteiger partial charge in [-0.25, -0.2) is 12.8 Å². The number of amides is 1. The third-order valence-corrected chi connectivity index (χ3v) is 6.95.